The monoisotopic (exact) mass is 130 g/mol. The van der Waals surface area contributed by atoms with Crippen molar-refractivity contribution in [1.29, 1.82) is 0 Å². The van der Waals surface area contributed by atoms with Crippen LogP contribution in [0.15, 0.2) is 0 Å². The molecule has 1 heterocycles. The summed E-state index contributed by atoms with van der Waals surface area (Å²) in [6.45, 7) is 1.76. The summed E-state index contributed by atoms with van der Waals surface area (Å²) in [7, 11) is 0. The highest BCUT2D eigenvalue weighted by Crippen LogP contribution is 2.06. The van der Waals surface area contributed by atoms with E-state index in [1.807, 2.05) is 0 Å². The minimum absolute atomic E-state index is 0.112. The number of aliphatic hydroxyl groups excluding tert-OH is 1. The summed E-state index contributed by atoms with van der Waals surface area (Å²) >= 11 is 0. The molecule has 1 unspecified atom stereocenters. The number of hydrogen-bond acceptors (Lipinski definition) is 3. The Morgan fingerprint density at radius 1 is 1.33 bits per heavy atom. The van der Waals surface area contributed by atoms with Crippen molar-refractivity contribution in [2.75, 3.05) is 13.1 Å². The van der Waals surface area contributed by atoms with Crippen LogP contribution in [0.4, 0.5) is 0 Å². The summed E-state index contributed by atoms with van der Waals surface area (Å²) in [6.07, 6.45) is 2.65. The molecule has 0 aromatic rings. The van der Waals surface area contributed by atoms with E-state index in [1.54, 1.807) is 5.01 Å². The zero-order valence-electron chi connectivity index (χ0n) is 5.58. The third-order valence-corrected chi connectivity index (χ3v) is 1.73. The van der Waals surface area contributed by atoms with Gasteiger partial charge in [-0.3, -0.25) is 5.84 Å². The van der Waals surface area contributed by atoms with Crippen molar-refractivity contribution < 1.29 is 5.11 Å². The fourth-order valence-corrected chi connectivity index (χ4v) is 1.10. The largest absolute Gasteiger partial charge is 0.393 e. The summed E-state index contributed by atoms with van der Waals surface area (Å²) in [6, 6.07) is 0. The molecule has 3 heteroatoms. The molecule has 0 aliphatic carbocycles. The maximum atomic E-state index is 9.12. The lowest BCUT2D eigenvalue weighted by molar-refractivity contribution is 0.155. The molecular weight excluding hydrogens is 116 g/mol. The summed E-state index contributed by atoms with van der Waals surface area (Å²) < 4.78 is 0. The fraction of sp³-hybridized carbons (Fsp3) is 1.00. The van der Waals surface area contributed by atoms with Gasteiger partial charge in [0.1, 0.15) is 0 Å². The number of nitrogens with two attached hydrogens (primary N) is 1. The van der Waals surface area contributed by atoms with Gasteiger partial charge in [0.2, 0.25) is 0 Å². The molecule has 1 aliphatic heterocycles. The topological polar surface area (TPSA) is 49.5 Å². The second-order valence-corrected chi connectivity index (χ2v) is 2.62. The van der Waals surface area contributed by atoms with Crippen LogP contribution in [-0.4, -0.2) is 29.3 Å². The number of hydrogen-bond donors (Lipinski definition) is 2. The molecule has 0 amide bonds. The number of nitrogens with zero attached hydrogens (tertiary/aromatic N) is 1. The predicted molar refractivity (Wildman–Crippen MR) is 35.6 cm³/mol. The zero-order chi connectivity index (χ0) is 6.69. The van der Waals surface area contributed by atoms with Crippen molar-refractivity contribution in [3.05, 3.63) is 0 Å². The van der Waals surface area contributed by atoms with E-state index in [4.69, 9.17) is 10.9 Å². The predicted octanol–water partition coefficient (Wildman–Crippen LogP) is -0.293. The summed E-state index contributed by atoms with van der Waals surface area (Å²) in [5, 5.41) is 10.9. The van der Waals surface area contributed by atoms with Crippen LogP contribution in [-0.2, 0) is 0 Å². The number of hydrazine groups is 1. The molecule has 3 N–H and O–H groups in total. The third-order valence-electron chi connectivity index (χ3n) is 1.73. The highest BCUT2D eigenvalue weighted by Gasteiger charge is 2.10. The van der Waals surface area contributed by atoms with Crippen molar-refractivity contribution in [2.45, 2.75) is 25.4 Å². The van der Waals surface area contributed by atoms with E-state index in [0.717, 1.165) is 32.4 Å². The molecule has 0 spiro atoms. The molecule has 0 aromatic heterocycles. The van der Waals surface area contributed by atoms with Gasteiger partial charge in [0.05, 0.1) is 6.10 Å². The molecule has 0 saturated carbocycles. The second kappa shape index (κ2) is 3.15. The van der Waals surface area contributed by atoms with E-state index in [0.29, 0.717) is 0 Å². The van der Waals surface area contributed by atoms with E-state index >= 15 is 0 Å². The Bertz CT molecular complexity index is 77.1. The van der Waals surface area contributed by atoms with Gasteiger partial charge in [-0.2, -0.15) is 0 Å². The van der Waals surface area contributed by atoms with Crippen LogP contribution < -0.4 is 5.84 Å². The molecule has 1 fully saturated rings. The lowest BCUT2D eigenvalue weighted by Gasteiger charge is -2.10. The Morgan fingerprint density at radius 2 is 2.11 bits per heavy atom. The third kappa shape index (κ3) is 2.30. The van der Waals surface area contributed by atoms with Crippen LogP contribution in [0, 0.1) is 0 Å². The Hall–Kier alpha value is -0.120. The molecule has 1 aliphatic rings. The van der Waals surface area contributed by atoms with Gasteiger partial charge in [0.25, 0.3) is 0 Å². The lowest BCUT2D eigenvalue weighted by atomic mass is 10.2. The Kier molecular flexibility index (Phi) is 2.45. The first-order valence-electron chi connectivity index (χ1n) is 3.47. The van der Waals surface area contributed by atoms with Crippen LogP contribution in [0.2, 0.25) is 0 Å². The Balaban J connectivity index is 2.25. The molecule has 0 aromatic carbocycles. The molecule has 3 nitrogen and oxygen atoms in total. The highest BCUT2D eigenvalue weighted by atomic mass is 16.3. The van der Waals surface area contributed by atoms with Crippen molar-refractivity contribution in [3.63, 3.8) is 0 Å². The average molecular weight is 130 g/mol. The SMILES string of the molecule is NN1CCCC(O)CC1. The smallest absolute Gasteiger partial charge is 0.0553 e. The first-order chi connectivity index (χ1) is 4.29. The van der Waals surface area contributed by atoms with Gasteiger partial charge < -0.3 is 5.11 Å². The van der Waals surface area contributed by atoms with Crippen LogP contribution in [0.25, 0.3) is 0 Å². The first kappa shape index (κ1) is 6.99. The number of aliphatic hydroxyl groups is 1. The zero-order valence-corrected chi connectivity index (χ0v) is 5.58. The van der Waals surface area contributed by atoms with Crippen molar-refractivity contribution in [1.82, 2.24) is 5.01 Å². The normalized spacial score (nSPS) is 32.0. The average Bonchev–Trinajstić information content (AvgIpc) is 1.97. The lowest BCUT2D eigenvalue weighted by Crippen LogP contribution is -2.31. The molecule has 1 rings (SSSR count). The molecule has 0 bridgehead atoms. The van der Waals surface area contributed by atoms with E-state index in [-0.39, 0.29) is 6.10 Å². The molecule has 54 valence electrons. The van der Waals surface area contributed by atoms with Gasteiger partial charge >= 0.3 is 0 Å². The van der Waals surface area contributed by atoms with Crippen LogP contribution in [0.1, 0.15) is 19.3 Å². The van der Waals surface area contributed by atoms with E-state index in [9.17, 15) is 0 Å². The van der Waals surface area contributed by atoms with Gasteiger partial charge in [-0.15, -0.1) is 0 Å². The summed E-state index contributed by atoms with van der Waals surface area (Å²) in [4.78, 5) is 0. The fourth-order valence-electron chi connectivity index (χ4n) is 1.10. The van der Waals surface area contributed by atoms with Gasteiger partial charge in [-0.1, -0.05) is 0 Å². The van der Waals surface area contributed by atoms with Crippen molar-refractivity contribution >= 4 is 0 Å². The Labute approximate surface area is 55.4 Å². The molecule has 9 heavy (non-hydrogen) atoms. The van der Waals surface area contributed by atoms with Crippen LogP contribution >= 0.6 is 0 Å². The van der Waals surface area contributed by atoms with Gasteiger partial charge in [0.15, 0.2) is 0 Å². The maximum absolute atomic E-state index is 9.12. The van der Waals surface area contributed by atoms with Crippen LogP contribution in [0.5, 0.6) is 0 Å². The molecule has 1 atom stereocenters. The quantitative estimate of drug-likeness (QED) is 0.443. The molecular formula is C6H14N2O. The van der Waals surface area contributed by atoms with E-state index in [1.165, 1.54) is 0 Å². The first-order valence-corrected chi connectivity index (χ1v) is 3.47. The second-order valence-electron chi connectivity index (χ2n) is 2.62. The van der Waals surface area contributed by atoms with E-state index < -0.39 is 0 Å². The minimum atomic E-state index is -0.112. The summed E-state index contributed by atoms with van der Waals surface area (Å²) in [5.74, 6) is 5.52. The van der Waals surface area contributed by atoms with E-state index in [2.05, 4.69) is 0 Å². The number of rotatable bonds is 0. The van der Waals surface area contributed by atoms with Crippen molar-refractivity contribution in [3.8, 4) is 0 Å². The molecule has 1 saturated heterocycles. The van der Waals surface area contributed by atoms with Gasteiger partial charge in [-0.25, -0.2) is 5.01 Å². The van der Waals surface area contributed by atoms with Crippen molar-refractivity contribution in [2.24, 2.45) is 5.84 Å². The summed E-state index contributed by atoms with van der Waals surface area (Å²) in [5.41, 5.74) is 0. The van der Waals surface area contributed by atoms with Gasteiger partial charge in [0, 0.05) is 13.1 Å². The standard InChI is InChI=1S/C6H14N2O/c7-8-4-1-2-6(9)3-5-8/h6,9H,1-5,7H2. The van der Waals surface area contributed by atoms with Crippen LogP contribution in [0.3, 0.4) is 0 Å². The highest BCUT2D eigenvalue weighted by molar-refractivity contribution is 4.64. The molecule has 0 radical (unpaired) electrons. The Morgan fingerprint density at radius 3 is 2.89 bits per heavy atom. The maximum Gasteiger partial charge on any atom is 0.0553 e. The van der Waals surface area contributed by atoms with Gasteiger partial charge in [-0.05, 0) is 19.3 Å². The minimum Gasteiger partial charge on any atom is -0.393 e.